The summed E-state index contributed by atoms with van der Waals surface area (Å²) in [4.78, 5) is 18.0. The van der Waals surface area contributed by atoms with E-state index >= 15 is 0 Å². The third kappa shape index (κ3) is 2.18. The molecule has 0 radical (unpaired) electrons. The van der Waals surface area contributed by atoms with Crippen LogP contribution in [-0.4, -0.2) is 22.6 Å². The standard InChI is InChI=1S/C10H16N4O/c11-6-7-2-1-3-8(7)14-9-10(15)13-5-4-12-9/h4-5,7-8H,1-3,6,11H2,(H,12,14)(H,13,15). The number of H-pyrrole nitrogens is 1. The zero-order valence-electron chi connectivity index (χ0n) is 8.57. The number of anilines is 1. The first kappa shape index (κ1) is 10.2. The maximum absolute atomic E-state index is 11.4. The Morgan fingerprint density at radius 2 is 2.47 bits per heavy atom. The summed E-state index contributed by atoms with van der Waals surface area (Å²) in [6.07, 6.45) is 6.49. The lowest BCUT2D eigenvalue weighted by atomic mass is 10.0. The van der Waals surface area contributed by atoms with E-state index in [1.54, 1.807) is 6.20 Å². The van der Waals surface area contributed by atoms with Crippen LogP contribution in [0.25, 0.3) is 0 Å². The molecule has 0 aromatic carbocycles. The van der Waals surface area contributed by atoms with Gasteiger partial charge in [0.05, 0.1) is 0 Å². The summed E-state index contributed by atoms with van der Waals surface area (Å²) in [6, 6.07) is 0.297. The van der Waals surface area contributed by atoms with Gasteiger partial charge in [-0.1, -0.05) is 6.42 Å². The van der Waals surface area contributed by atoms with Gasteiger partial charge in [0.1, 0.15) is 0 Å². The second-order valence-corrected chi connectivity index (χ2v) is 3.94. The van der Waals surface area contributed by atoms with Crippen LogP contribution < -0.4 is 16.6 Å². The maximum atomic E-state index is 11.4. The minimum atomic E-state index is -0.167. The van der Waals surface area contributed by atoms with Gasteiger partial charge in [0.2, 0.25) is 0 Å². The molecule has 1 aromatic rings. The number of rotatable bonds is 3. The molecule has 2 rings (SSSR count). The van der Waals surface area contributed by atoms with Gasteiger partial charge in [-0.2, -0.15) is 0 Å². The highest BCUT2D eigenvalue weighted by Crippen LogP contribution is 2.26. The first-order valence-corrected chi connectivity index (χ1v) is 5.31. The number of aromatic nitrogens is 2. The molecule has 4 N–H and O–H groups in total. The lowest BCUT2D eigenvalue weighted by Gasteiger charge is -2.19. The zero-order chi connectivity index (χ0) is 10.7. The molecule has 0 amide bonds. The number of hydrogen-bond donors (Lipinski definition) is 3. The van der Waals surface area contributed by atoms with Crippen molar-refractivity contribution in [1.29, 1.82) is 0 Å². The summed E-state index contributed by atoms with van der Waals surface area (Å²) in [7, 11) is 0. The van der Waals surface area contributed by atoms with Crippen molar-refractivity contribution in [2.24, 2.45) is 11.7 Å². The molecule has 0 spiro atoms. The van der Waals surface area contributed by atoms with Crippen LogP contribution in [0, 0.1) is 5.92 Å². The first-order chi connectivity index (χ1) is 7.31. The Hall–Kier alpha value is -1.36. The third-order valence-electron chi connectivity index (χ3n) is 2.99. The molecular weight excluding hydrogens is 192 g/mol. The molecule has 1 aliphatic rings. The molecule has 82 valence electrons. The first-order valence-electron chi connectivity index (χ1n) is 5.31. The minimum absolute atomic E-state index is 0.167. The Labute approximate surface area is 88.1 Å². The van der Waals surface area contributed by atoms with Gasteiger partial charge in [-0.05, 0) is 25.3 Å². The maximum Gasteiger partial charge on any atom is 0.290 e. The Bertz CT molecular complexity index is 376. The molecule has 15 heavy (non-hydrogen) atoms. The Balaban J connectivity index is 2.08. The lowest BCUT2D eigenvalue weighted by molar-refractivity contribution is 0.515. The molecule has 0 bridgehead atoms. The molecular formula is C10H16N4O. The molecule has 0 aliphatic heterocycles. The van der Waals surface area contributed by atoms with Gasteiger partial charge in [0, 0.05) is 18.4 Å². The van der Waals surface area contributed by atoms with Crippen molar-refractivity contribution in [2.45, 2.75) is 25.3 Å². The van der Waals surface area contributed by atoms with Crippen LogP contribution >= 0.6 is 0 Å². The lowest BCUT2D eigenvalue weighted by Crippen LogP contribution is -2.32. The predicted octanol–water partition coefficient (Wildman–Crippen LogP) is 0.309. The number of aromatic amines is 1. The highest BCUT2D eigenvalue weighted by molar-refractivity contribution is 5.32. The minimum Gasteiger partial charge on any atom is -0.362 e. The molecule has 2 atom stereocenters. The number of nitrogens with one attached hydrogen (secondary N) is 2. The van der Waals surface area contributed by atoms with Crippen LogP contribution in [0.15, 0.2) is 17.2 Å². The van der Waals surface area contributed by atoms with Crippen LogP contribution in [0.4, 0.5) is 5.82 Å². The van der Waals surface area contributed by atoms with Crippen molar-refractivity contribution in [1.82, 2.24) is 9.97 Å². The van der Waals surface area contributed by atoms with Crippen molar-refractivity contribution < 1.29 is 0 Å². The topological polar surface area (TPSA) is 83.8 Å². The van der Waals surface area contributed by atoms with E-state index in [0.29, 0.717) is 24.3 Å². The fourth-order valence-electron chi connectivity index (χ4n) is 2.14. The van der Waals surface area contributed by atoms with Gasteiger partial charge in [-0.25, -0.2) is 4.98 Å². The van der Waals surface area contributed by atoms with Crippen LogP contribution in [0.5, 0.6) is 0 Å². The summed E-state index contributed by atoms with van der Waals surface area (Å²) < 4.78 is 0. The van der Waals surface area contributed by atoms with Crippen molar-refractivity contribution in [3.8, 4) is 0 Å². The monoisotopic (exact) mass is 208 g/mol. The average molecular weight is 208 g/mol. The average Bonchev–Trinajstić information content (AvgIpc) is 2.69. The van der Waals surface area contributed by atoms with Crippen LogP contribution in [0.3, 0.4) is 0 Å². The van der Waals surface area contributed by atoms with E-state index in [1.807, 2.05) is 0 Å². The van der Waals surface area contributed by atoms with Gasteiger partial charge < -0.3 is 16.0 Å². The summed E-state index contributed by atoms with van der Waals surface area (Å²) in [6.45, 7) is 0.669. The van der Waals surface area contributed by atoms with Gasteiger partial charge in [-0.3, -0.25) is 4.79 Å². The predicted molar refractivity (Wildman–Crippen MR) is 58.7 cm³/mol. The van der Waals surface area contributed by atoms with E-state index in [4.69, 9.17) is 5.73 Å². The van der Waals surface area contributed by atoms with E-state index in [9.17, 15) is 4.79 Å². The number of nitrogens with two attached hydrogens (primary N) is 1. The van der Waals surface area contributed by atoms with Crippen LogP contribution in [0.2, 0.25) is 0 Å². The Kier molecular flexibility index (Phi) is 3.01. The van der Waals surface area contributed by atoms with Gasteiger partial charge >= 0.3 is 0 Å². The smallest absolute Gasteiger partial charge is 0.290 e. The van der Waals surface area contributed by atoms with E-state index < -0.39 is 0 Å². The SMILES string of the molecule is NCC1CCCC1Nc1ncc[nH]c1=O. The molecule has 5 nitrogen and oxygen atoms in total. The largest absolute Gasteiger partial charge is 0.362 e. The van der Waals surface area contributed by atoms with Crippen molar-refractivity contribution in [3.63, 3.8) is 0 Å². The fourth-order valence-corrected chi connectivity index (χ4v) is 2.14. The zero-order valence-corrected chi connectivity index (χ0v) is 8.57. The van der Waals surface area contributed by atoms with Crippen LogP contribution in [0.1, 0.15) is 19.3 Å². The molecule has 1 saturated carbocycles. The molecule has 1 fully saturated rings. The van der Waals surface area contributed by atoms with E-state index in [1.165, 1.54) is 12.6 Å². The highest BCUT2D eigenvalue weighted by atomic mass is 16.1. The molecule has 1 aromatic heterocycles. The second-order valence-electron chi connectivity index (χ2n) is 3.94. The summed E-state index contributed by atoms with van der Waals surface area (Å²) in [5.41, 5.74) is 5.50. The summed E-state index contributed by atoms with van der Waals surface area (Å²) in [5, 5.41) is 3.18. The van der Waals surface area contributed by atoms with E-state index in [0.717, 1.165) is 12.8 Å². The van der Waals surface area contributed by atoms with Crippen LogP contribution in [-0.2, 0) is 0 Å². The summed E-state index contributed by atoms with van der Waals surface area (Å²) >= 11 is 0. The summed E-state index contributed by atoms with van der Waals surface area (Å²) in [5.74, 6) is 0.870. The fraction of sp³-hybridized carbons (Fsp3) is 0.600. The normalized spacial score (nSPS) is 25.4. The van der Waals surface area contributed by atoms with Crippen molar-refractivity contribution in [2.75, 3.05) is 11.9 Å². The molecule has 5 heteroatoms. The third-order valence-corrected chi connectivity index (χ3v) is 2.99. The molecule has 2 unspecified atom stereocenters. The van der Waals surface area contributed by atoms with Crippen molar-refractivity contribution in [3.05, 3.63) is 22.7 Å². The van der Waals surface area contributed by atoms with E-state index in [-0.39, 0.29) is 5.56 Å². The molecule has 1 heterocycles. The van der Waals surface area contributed by atoms with Crippen molar-refractivity contribution >= 4 is 5.82 Å². The molecule has 1 aliphatic carbocycles. The van der Waals surface area contributed by atoms with Gasteiger partial charge in [0.25, 0.3) is 5.56 Å². The van der Waals surface area contributed by atoms with Gasteiger partial charge in [0.15, 0.2) is 5.82 Å². The van der Waals surface area contributed by atoms with Gasteiger partial charge in [-0.15, -0.1) is 0 Å². The van der Waals surface area contributed by atoms with E-state index in [2.05, 4.69) is 15.3 Å². The highest BCUT2D eigenvalue weighted by Gasteiger charge is 2.26. The molecule has 0 saturated heterocycles. The number of hydrogen-bond acceptors (Lipinski definition) is 4. The number of nitrogens with zero attached hydrogens (tertiary/aromatic N) is 1. The Morgan fingerprint density at radius 3 is 3.20 bits per heavy atom. The quantitative estimate of drug-likeness (QED) is 0.667. The Morgan fingerprint density at radius 1 is 1.60 bits per heavy atom. The second kappa shape index (κ2) is 4.44.